The van der Waals surface area contributed by atoms with Gasteiger partial charge in [0.2, 0.25) is 0 Å². The summed E-state index contributed by atoms with van der Waals surface area (Å²) in [5.41, 5.74) is 2.06. The fraction of sp³-hybridized carbons (Fsp3) is 0.200. The summed E-state index contributed by atoms with van der Waals surface area (Å²) < 4.78 is 19.6. The number of hydrogen-bond acceptors (Lipinski definition) is 1. The molecule has 1 unspecified atom stereocenters. The lowest BCUT2D eigenvalue weighted by molar-refractivity contribution is 0.0577. The molecule has 0 saturated carbocycles. The number of halogens is 3. The zero-order chi connectivity index (χ0) is 13.7. The molecular formula is C15H13ClFIO. The molecule has 0 aliphatic rings. The lowest BCUT2D eigenvalue weighted by Gasteiger charge is -2.16. The predicted molar refractivity (Wildman–Crippen MR) is 84.3 cm³/mol. The van der Waals surface area contributed by atoms with E-state index in [0.29, 0.717) is 11.6 Å². The molecule has 1 atom stereocenters. The molecule has 0 bridgehead atoms. The first-order valence-electron chi connectivity index (χ1n) is 5.86. The normalized spacial score (nSPS) is 12.4. The van der Waals surface area contributed by atoms with Gasteiger partial charge in [-0.25, -0.2) is 4.39 Å². The standard InChI is InChI=1S/C15H13ClFIO/c16-13-5-1-11(2-6-13)10-19-15(9-18)12-3-7-14(17)8-4-12/h1-8,15H,9-10H2. The Bertz CT molecular complexity index is 513. The maximum Gasteiger partial charge on any atom is 0.123 e. The number of ether oxygens (including phenoxy) is 1. The van der Waals surface area contributed by atoms with Crippen molar-refractivity contribution in [3.05, 3.63) is 70.5 Å². The van der Waals surface area contributed by atoms with E-state index in [-0.39, 0.29) is 11.9 Å². The summed E-state index contributed by atoms with van der Waals surface area (Å²) in [4.78, 5) is 0. The van der Waals surface area contributed by atoms with Crippen LogP contribution in [0.25, 0.3) is 0 Å². The van der Waals surface area contributed by atoms with E-state index in [4.69, 9.17) is 16.3 Å². The van der Waals surface area contributed by atoms with E-state index in [1.54, 1.807) is 12.1 Å². The first-order chi connectivity index (χ1) is 9.19. The SMILES string of the molecule is Fc1ccc(C(CI)OCc2ccc(Cl)cc2)cc1. The molecule has 0 saturated heterocycles. The van der Waals surface area contributed by atoms with Gasteiger partial charge in [0.25, 0.3) is 0 Å². The average molecular weight is 391 g/mol. The molecule has 0 N–H and O–H groups in total. The largest absolute Gasteiger partial charge is 0.368 e. The molecule has 0 fully saturated rings. The molecule has 2 rings (SSSR count). The Labute approximate surface area is 130 Å². The fourth-order valence-corrected chi connectivity index (χ4v) is 2.57. The molecule has 0 spiro atoms. The molecule has 0 aromatic heterocycles. The molecule has 0 radical (unpaired) electrons. The third-order valence-corrected chi connectivity index (χ3v) is 3.80. The molecule has 1 nitrogen and oxygen atoms in total. The van der Waals surface area contributed by atoms with E-state index in [0.717, 1.165) is 15.6 Å². The van der Waals surface area contributed by atoms with Crippen LogP contribution in [-0.2, 0) is 11.3 Å². The van der Waals surface area contributed by atoms with E-state index in [9.17, 15) is 4.39 Å². The van der Waals surface area contributed by atoms with Gasteiger partial charge >= 0.3 is 0 Å². The average Bonchev–Trinajstić information content (AvgIpc) is 2.43. The molecule has 100 valence electrons. The van der Waals surface area contributed by atoms with Gasteiger partial charge in [-0.05, 0) is 35.4 Å². The zero-order valence-electron chi connectivity index (χ0n) is 10.2. The van der Waals surface area contributed by atoms with Crippen molar-refractivity contribution in [1.82, 2.24) is 0 Å². The van der Waals surface area contributed by atoms with Crippen LogP contribution >= 0.6 is 34.2 Å². The third-order valence-electron chi connectivity index (χ3n) is 2.75. The van der Waals surface area contributed by atoms with Crippen LogP contribution in [-0.4, -0.2) is 4.43 Å². The van der Waals surface area contributed by atoms with Gasteiger partial charge < -0.3 is 4.74 Å². The first-order valence-corrected chi connectivity index (χ1v) is 7.77. The second kappa shape index (κ2) is 7.22. The highest BCUT2D eigenvalue weighted by atomic mass is 127. The maximum absolute atomic E-state index is 12.9. The van der Waals surface area contributed by atoms with Crippen molar-refractivity contribution in [3.8, 4) is 0 Å². The van der Waals surface area contributed by atoms with Crippen LogP contribution < -0.4 is 0 Å². The Morgan fingerprint density at radius 3 is 2.26 bits per heavy atom. The third kappa shape index (κ3) is 4.44. The second-order valence-corrected chi connectivity index (χ2v) is 5.45. The zero-order valence-corrected chi connectivity index (χ0v) is 13.1. The molecule has 0 amide bonds. The topological polar surface area (TPSA) is 9.23 Å². The van der Waals surface area contributed by atoms with E-state index < -0.39 is 0 Å². The summed E-state index contributed by atoms with van der Waals surface area (Å²) >= 11 is 8.10. The number of rotatable bonds is 5. The summed E-state index contributed by atoms with van der Waals surface area (Å²) in [5, 5.41) is 0.715. The van der Waals surface area contributed by atoms with Crippen LogP contribution in [0.2, 0.25) is 5.02 Å². The number of alkyl halides is 1. The lowest BCUT2D eigenvalue weighted by Crippen LogP contribution is -2.06. The van der Waals surface area contributed by atoms with Crippen molar-refractivity contribution in [3.63, 3.8) is 0 Å². The van der Waals surface area contributed by atoms with Gasteiger partial charge in [0.1, 0.15) is 5.82 Å². The van der Waals surface area contributed by atoms with Gasteiger partial charge in [0, 0.05) is 9.45 Å². The number of hydrogen-bond donors (Lipinski definition) is 0. The van der Waals surface area contributed by atoms with Gasteiger partial charge in [-0.3, -0.25) is 0 Å². The summed E-state index contributed by atoms with van der Waals surface area (Å²) in [6.45, 7) is 0.516. The van der Waals surface area contributed by atoms with Crippen LogP contribution in [0.15, 0.2) is 48.5 Å². The monoisotopic (exact) mass is 390 g/mol. The van der Waals surface area contributed by atoms with Crippen LogP contribution in [0, 0.1) is 5.82 Å². The maximum atomic E-state index is 12.9. The fourth-order valence-electron chi connectivity index (χ4n) is 1.68. The minimum Gasteiger partial charge on any atom is -0.368 e. The van der Waals surface area contributed by atoms with Gasteiger partial charge in [-0.15, -0.1) is 0 Å². The van der Waals surface area contributed by atoms with Gasteiger partial charge in [-0.2, -0.15) is 0 Å². The minimum atomic E-state index is -0.228. The van der Waals surface area contributed by atoms with Gasteiger partial charge in [0.05, 0.1) is 12.7 Å². The quantitative estimate of drug-likeness (QED) is 0.505. The van der Waals surface area contributed by atoms with E-state index >= 15 is 0 Å². The van der Waals surface area contributed by atoms with Crippen molar-refractivity contribution >= 4 is 34.2 Å². The van der Waals surface area contributed by atoms with Gasteiger partial charge in [-0.1, -0.05) is 58.5 Å². The molecule has 0 heterocycles. The van der Waals surface area contributed by atoms with Crippen LogP contribution in [0.5, 0.6) is 0 Å². The Kier molecular flexibility index (Phi) is 5.60. The molecular weight excluding hydrogens is 378 g/mol. The highest BCUT2D eigenvalue weighted by Crippen LogP contribution is 2.22. The van der Waals surface area contributed by atoms with E-state index in [2.05, 4.69) is 22.6 Å². The Hall–Kier alpha value is -0.650. The van der Waals surface area contributed by atoms with Crippen LogP contribution in [0.3, 0.4) is 0 Å². The predicted octanol–water partition coefficient (Wildman–Crippen LogP) is 5.17. The Morgan fingerprint density at radius 1 is 1.05 bits per heavy atom. The van der Waals surface area contributed by atoms with Crippen molar-refractivity contribution in [1.29, 1.82) is 0 Å². The second-order valence-electron chi connectivity index (χ2n) is 4.13. The summed E-state index contributed by atoms with van der Waals surface area (Å²) in [6.07, 6.45) is -0.0307. The molecule has 19 heavy (non-hydrogen) atoms. The van der Waals surface area contributed by atoms with E-state index in [1.165, 1.54) is 12.1 Å². The van der Waals surface area contributed by atoms with Crippen LogP contribution in [0.4, 0.5) is 4.39 Å². The van der Waals surface area contributed by atoms with Crippen molar-refractivity contribution in [2.24, 2.45) is 0 Å². The van der Waals surface area contributed by atoms with Crippen molar-refractivity contribution in [2.45, 2.75) is 12.7 Å². The highest BCUT2D eigenvalue weighted by Gasteiger charge is 2.10. The van der Waals surface area contributed by atoms with Crippen LogP contribution in [0.1, 0.15) is 17.2 Å². The summed E-state index contributed by atoms with van der Waals surface area (Å²) in [5.74, 6) is -0.228. The molecule has 4 heteroatoms. The summed E-state index contributed by atoms with van der Waals surface area (Å²) in [6, 6.07) is 14.0. The minimum absolute atomic E-state index is 0.0307. The number of benzene rings is 2. The van der Waals surface area contributed by atoms with Crippen molar-refractivity contribution < 1.29 is 9.13 Å². The Balaban J connectivity index is 1.99. The summed E-state index contributed by atoms with van der Waals surface area (Å²) in [7, 11) is 0. The Morgan fingerprint density at radius 2 is 1.68 bits per heavy atom. The molecule has 0 aliphatic heterocycles. The van der Waals surface area contributed by atoms with Crippen molar-refractivity contribution in [2.75, 3.05) is 4.43 Å². The van der Waals surface area contributed by atoms with E-state index in [1.807, 2.05) is 24.3 Å². The molecule has 0 aliphatic carbocycles. The first kappa shape index (κ1) is 14.8. The van der Waals surface area contributed by atoms with Gasteiger partial charge in [0.15, 0.2) is 0 Å². The highest BCUT2D eigenvalue weighted by molar-refractivity contribution is 14.1. The molecule has 2 aromatic rings. The molecule has 2 aromatic carbocycles. The lowest BCUT2D eigenvalue weighted by atomic mass is 10.1. The smallest absolute Gasteiger partial charge is 0.123 e.